The molecule has 0 aliphatic carbocycles. The predicted octanol–water partition coefficient (Wildman–Crippen LogP) is 6.99. The molecule has 0 N–H and O–H groups in total. The predicted molar refractivity (Wildman–Crippen MR) is 156 cm³/mol. The third-order valence-electron chi connectivity index (χ3n) is 12.0. The van der Waals surface area contributed by atoms with Gasteiger partial charge in [-0.1, -0.05) is 41.5 Å². The summed E-state index contributed by atoms with van der Waals surface area (Å²) in [5.41, 5.74) is 0.00640. The van der Waals surface area contributed by atoms with E-state index in [0.717, 1.165) is 38.5 Å². The van der Waals surface area contributed by atoms with Gasteiger partial charge in [-0.3, -0.25) is 19.4 Å². The Kier molecular flexibility index (Phi) is 10.9. The second kappa shape index (κ2) is 12.6. The Labute approximate surface area is 234 Å². The van der Waals surface area contributed by atoms with E-state index < -0.39 is 0 Å². The molecule has 0 spiro atoms. The van der Waals surface area contributed by atoms with E-state index in [-0.39, 0.29) is 58.1 Å². The van der Waals surface area contributed by atoms with Crippen LogP contribution >= 0.6 is 0 Å². The van der Waals surface area contributed by atoms with Crippen molar-refractivity contribution >= 4 is 11.9 Å². The van der Waals surface area contributed by atoms with Crippen molar-refractivity contribution in [1.29, 1.82) is 0 Å². The van der Waals surface area contributed by atoms with Gasteiger partial charge in [-0.15, -0.1) is 0 Å². The van der Waals surface area contributed by atoms with Crippen LogP contribution in [0, 0.1) is 11.8 Å². The molecule has 2 fully saturated rings. The monoisotopic (exact) mass is 536 g/mol. The minimum Gasteiger partial charge on any atom is -0.462 e. The number of likely N-dealkylation sites (tertiary alicyclic amines) is 2. The van der Waals surface area contributed by atoms with Gasteiger partial charge in [0.05, 0.1) is 0 Å². The number of nitrogens with zero attached hydrogens (tertiary/aromatic N) is 2. The van der Waals surface area contributed by atoms with Crippen LogP contribution in [0.3, 0.4) is 0 Å². The highest BCUT2D eigenvalue weighted by Crippen LogP contribution is 2.46. The number of esters is 2. The van der Waals surface area contributed by atoms with E-state index in [1.54, 1.807) is 0 Å². The van der Waals surface area contributed by atoms with E-state index >= 15 is 0 Å². The van der Waals surface area contributed by atoms with Crippen LogP contribution in [0.5, 0.6) is 0 Å². The van der Waals surface area contributed by atoms with E-state index in [9.17, 15) is 9.59 Å². The summed E-state index contributed by atoms with van der Waals surface area (Å²) in [6.45, 7) is 22.5. The molecule has 222 valence electrons. The minimum absolute atomic E-state index is 0.00944. The Bertz CT molecular complexity index is 753. The van der Waals surface area contributed by atoms with Crippen LogP contribution < -0.4 is 0 Å². The second-order valence-electron chi connectivity index (χ2n) is 13.5. The molecule has 2 rings (SSSR count). The first-order valence-corrected chi connectivity index (χ1v) is 15.4. The van der Waals surface area contributed by atoms with Crippen molar-refractivity contribution < 1.29 is 19.1 Å². The van der Waals surface area contributed by atoms with Crippen LogP contribution in [0.2, 0.25) is 0 Å². The van der Waals surface area contributed by atoms with Crippen LogP contribution in [0.1, 0.15) is 133 Å². The molecule has 0 bridgehead atoms. The number of hydrogen-bond acceptors (Lipinski definition) is 6. The molecular weight excluding hydrogens is 476 g/mol. The Hall–Kier alpha value is -1.14. The average Bonchev–Trinajstić information content (AvgIpc) is 2.90. The zero-order valence-electron chi connectivity index (χ0n) is 26.9. The van der Waals surface area contributed by atoms with Crippen molar-refractivity contribution in [1.82, 2.24) is 9.80 Å². The number of piperidine rings is 2. The lowest BCUT2D eigenvalue weighted by atomic mass is 9.68. The Morgan fingerprint density at radius 1 is 0.658 bits per heavy atom. The summed E-state index contributed by atoms with van der Waals surface area (Å²) in [7, 11) is 4.44. The fourth-order valence-corrected chi connectivity index (χ4v) is 7.30. The average molecular weight is 537 g/mol. The number of hydrogen-bond donors (Lipinski definition) is 0. The molecule has 6 heteroatoms. The second-order valence-corrected chi connectivity index (χ2v) is 13.5. The van der Waals surface area contributed by atoms with Gasteiger partial charge < -0.3 is 9.47 Å². The van der Waals surface area contributed by atoms with Crippen molar-refractivity contribution in [2.75, 3.05) is 14.1 Å². The maximum Gasteiger partial charge on any atom is 0.306 e. The first-order valence-electron chi connectivity index (χ1n) is 15.4. The summed E-state index contributed by atoms with van der Waals surface area (Å²) in [4.78, 5) is 30.7. The van der Waals surface area contributed by atoms with Gasteiger partial charge in [0.1, 0.15) is 12.2 Å². The number of ether oxygens (including phenoxy) is 2. The molecule has 6 nitrogen and oxygen atoms in total. The summed E-state index contributed by atoms with van der Waals surface area (Å²) >= 11 is 0. The Morgan fingerprint density at radius 2 is 0.974 bits per heavy atom. The molecule has 2 heterocycles. The van der Waals surface area contributed by atoms with Gasteiger partial charge in [-0.2, -0.15) is 0 Å². The number of rotatable bonds is 11. The van der Waals surface area contributed by atoms with E-state index in [2.05, 4.69) is 93.1 Å². The fourth-order valence-electron chi connectivity index (χ4n) is 7.30. The molecule has 8 atom stereocenters. The molecule has 0 aromatic rings. The molecule has 0 amide bonds. The van der Waals surface area contributed by atoms with Crippen molar-refractivity contribution in [2.45, 2.75) is 168 Å². The molecule has 0 aromatic heterocycles. The molecule has 0 aromatic carbocycles. The maximum atomic E-state index is 12.8. The fraction of sp³-hybridized carbons (Fsp3) is 0.938. The SMILES string of the molecule is CCC1(C)CC(OC(=O)CCCCC(=O)OC2CC(C)(CC)N(C)C(C)(CC)C2C)C(C)C(C)(CC)N1C. The highest BCUT2D eigenvalue weighted by molar-refractivity contribution is 5.71. The van der Waals surface area contributed by atoms with E-state index in [0.29, 0.717) is 25.7 Å². The standard InChI is InChI=1S/C32H60N2O4/c1-13-29(7)21-25(23(5)31(9,15-3)33(29)11)37-27(35)19-17-18-20-28(36)38-26-22-30(8,14-2)34(12)32(10,16-4)24(26)6/h23-26H,13-22H2,1-12H3. The van der Waals surface area contributed by atoms with Crippen LogP contribution in [0.15, 0.2) is 0 Å². The summed E-state index contributed by atoms with van der Waals surface area (Å²) in [5.74, 6) is 0.237. The zero-order chi connectivity index (χ0) is 29.1. The first-order chi connectivity index (χ1) is 17.6. The van der Waals surface area contributed by atoms with E-state index in [1.165, 1.54) is 0 Å². The van der Waals surface area contributed by atoms with Gasteiger partial charge in [-0.25, -0.2) is 0 Å². The van der Waals surface area contributed by atoms with E-state index in [1.807, 2.05) is 0 Å². The van der Waals surface area contributed by atoms with Crippen LogP contribution in [-0.2, 0) is 19.1 Å². The van der Waals surface area contributed by atoms with Gasteiger partial charge in [0.2, 0.25) is 0 Å². The molecule has 38 heavy (non-hydrogen) atoms. The number of unbranched alkanes of at least 4 members (excludes halogenated alkanes) is 1. The maximum absolute atomic E-state index is 12.8. The van der Waals surface area contributed by atoms with E-state index in [4.69, 9.17) is 9.47 Å². The van der Waals surface area contributed by atoms with Crippen molar-refractivity contribution in [2.24, 2.45) is 11.8 Å². The van der Waals surface area contributed by atoms with Gasteiger partial charge in [0.15, 0.2) is 0 Å². The Morgan fingerprint density at radius 3 is 1.24 bits per heavy atom. The quantitative estimate of drug-likeness (QED) is 0.210. The molecule has 0 radical (unpaired) electrons. The van der Waals surface area contributed by atoms with Crippen molar-refractivity contribution in [3.8, 4) is 0 Å². The van der Waals surface area contributed by atoms with Gasteiger partial charge in [0, 0.05) is 59.7 Å². The van der Waals surface area contributed by atoms with Gasteiger partial charge in [0.25, 0.3) is 0 Å². The number of carbonyl (C=O) groups excluding carboxylic acids is 2. The first kappa shape index (κ1) is 33.1. The third kappa shape index (κ3) is 6.27. The van der Waals surface area contributed by atoms with Crippen LogP contribution in [-0.4, -0.2) is 70.2 Å². The summed E-state index contributed by atoms with van der Waals surface area (Å²) in [5, 5.41) is 0. The normalized spacial score (nSPS) is 40.6. The summed E-state index contributed by atoms with van der Waals surface area (Å²) in [6, 6.07) is 0. The zero-order valence-corrected chi connectivity index (χ0v) is 26.9. The van der Waals surface area contributed by atoms with Gasteiger partial charge in [-0.05, 0) is 80.3 Å². The molecule has 2 aliphatic heterocycles. The van der Waals surface area contributed by atoms with Gasteiger partial charge >= 0.3 is 11.9 Å². The molecule has 2 aliphatic rings. The highest BCUT2D eigenvalue weighted by atomic mass is 16.5. The molecule has 2 saturated heterocycles. The topological polar surface area (TPSA) is 59.1 Å². The Balaban J connectivity index is 1.88. The lowest BCUT2D eigenvalue weighted by molar-refractivity contribution is -0.175. The third-order valence-corrected chi connectivity index (χ3v) is 12.0. The minimum atomic E-state index is -0.141. The smallest absolute Gasteiger partial charge is 0.306 e. The molecule has 8 unspecified atom stereocenters. The highest BCUT2D eigenvalue weighted by Gasteiger charge is 2.53. The largest absolute Gasteiger partial charge is 0.462 e. The van der Waals surface area contributed by atoms with Crippen molar-refractivity contribution in [3.05, 3.63) is 0 Å². The van der Waals surface area contributed by atoms with Crippen molar-refractivity contribution in [3.63, 3.8) is 0 Å². The number of carbonyl (C=O) groups is 2. The lowest BCUT2D eigenvalue weighted by Gasteiger charge is -2.59. The summed E-state index contributed by atoms with van der Waals surface area (Å²) < 4.78 is 12.2. The van der Waals surface area contributed by atoms with Crippen LogP contribution in [0.4, 0.5) is 0 Å². The lowest BCUT2D eigenvalue weighted by Crippen LogP contribution is -2.66. The molecular formula is C32H60N2O4. The summed E-state index contributed by atoms with van der Waals surface area (Å²) in [6.07, 6.45) is 7.63. The van der Waals surface area contributed by atoms with Crippen LogP contribution in [0.25, 0.3) is 0 Å². The molecule has 0 saturated carbocycles.